The van der Waals surface area contributed by atoms with Gasteiger partial charge in [-0.15, -0.1) is 0 Å². The van der Waals surface area contributed by atoms with Gasteiger partial charge in [-0.1, -0.05) is 111 Å². The summed E-state index contributed by atoms with van der Waals surface area (Å²) in [5.41, 5.74) is 12.0. The lowest BCUT2D eigenvalue weighted by atomic mass is 9.94. The number of hydrogen-bond acceptors (Lipinski definition) is 16. The Kier molecular flexibility index (Phi) is 32.3. The average molecular weight is 1200 g/mol. The van der Waals surface area contributed by atoms with Crippen LogP contribution < -0.4 is 70.0 Å². The highest BCUT2D eigenvalue weighted by Crippen LogP contribution is 2.17. The van der Waals surface area contributed by atoms with Gasteiger partial charge in [0.15, 0.2) is 0 Å². The molecule has 478 valence electrons. The molecule has 27 nitrogen and oxygen atoms in total. The lowest BCUT2D eigenvalue weighted by Gasteiger charge is -2.31. The minimum Gasteiger partial charge on any atom is -0.458 e. The van der Waals surface area contributed by atoms with Crippen molar-refractivity contribution in [1.82, 2.24) is 58.5 Å². The van der Waals surface area contributed by atoms with Crippen LogP contribution in [0.4, 0.5) is 0 Å². The van der Waals surface area contributed by atoms with Gasteiger partial charge in [-0.2, -0.15) is 0 Å². The Morgan fingerprint density at radius 2 is 1.13 bits per heavy atom. The zero-order valence-electron chi connectivity index (χ0n) is 51.5. The van der Waals surface area contributed by atoms with Crippen LogP contribution in [0.2, 0.25) is 0 Å². The number of likely N-dealkylation sites (N-methyl/N-ethyl adjacent to an activating group) is 1. The summed E-state index contributed by atoms with van der Waals surface area (Å²) in [4.78, 5) is 165. The van der Waals surface area contributed by atoms with Crippen molar-refractivity contribution in [2.75, 3.05) is 20.2 Å². The van der Waals surface area contributed by atoms with Crippen LogP contribution in [0.1, 0.15) is 140 Å². The number of rotatable bonds is 33. The van der Waals surface area contributed by atoms with Gasteiger partial charge < -0.3 is 79.8 Å². The maximum Gasteiger partial charge on any atom is 0.329 e. The number of primary amides is 1. The second kappa shape index (κ2) is 37.2. The van der Waals surface area contributed by atoms with E-state index >= 15 is 0 Å². The van der Waals surface area contributed by atoms with Crippen molar-refractivity contribution in [3.8, 4) is 0 Å². The molecule has 0 radical (unpaired) electrons. The molecular weight excluding hydrogens is 1100 g/mol. The fourth-order valence-corrected chi connectivity index (χ4v) is 9.03. The number of carbonyl (C=O) groups is 12. The molecule has 1 aliphatic rings. The van der Waals surface area contributed by atoms with Crippen molar-refractivity contribution in [2.24, 2.45) is 35.1 Å². The van der Waals surface area contributed by atoms with E-state index in [2.05, 4.69) is 58.5 Å². The minimum absolute atomic E-state index is 0.170. The molecule has 0 spiro atoms. The molecule has 0 aromatic heterocycles. The van der Waals surface area contributed by atoms with E-state index in [0.717, 1.165) is 5.56 Å². The predicted molar refractivity (Wildman–Crippen MR) is 315 cm³/mol. The Hall–Kier alpha value is -7.26. The number of nitrogens with two attached hydrogens (primary N) is 2. The summed E-state index contributed by atoms with van der Waals surface area (Å²) < 4.78 is 5.71. The third-order valence-corrected chi connectivity index (χ3v) is 15.7. The second-order valence-corrected chi connectivity index (χ2v) is 22.3. The van der Waals surface area contributed by atoms with Crippen LogP contribution in [0.25, 0.3) is 0 Å². The van der Waals surface area contributed by atoms with E-state index in [1.807, 2.05) is 37.3 Å². The zero-order chi connectivity index (χ0) is 64.2. The van der Waals surface area contributed by atoms with Crippen molar-refractivity contribution in [2.45, 2.75) is 213 Å². The van der Waals surface area contributed by atoms with Crippen LogP contribution in [0.15, 0.2) is 30.3 Å². The highest BCUT2D eigenvalue weighted by Gasteiger charge is 2.41. The number of hydrogen-bond donors (Lipinski definition) is 14. The van der Waals surface area contributed by atoms with Crippen molar-refractivity contribution >= 4 is 70.9 Å². The largest absolute Gasteiger partial charge is 0.458 e. The Morgan fingerprint density at radius 3 is 1.64 bits per heavy atom. The van der Waals surface area contributed by atoms with Gasteiger partial charge >= 0.3 is 5.97 Å². The van der Waals surface area contributed by atoms with E-state index in [4.69, 9.17) is 16.2 Å². The molecule has 1 aliphatic heterocycles. The smallest absolute Gasteiger partial charge is 0.329 e. The van der Waals surface area contributed by atoms with E-state index in [0.29, 0.717) is 45.1 Å². The molecule has 1 fully saturated rings. The van der Waals surface area contributed by atoms with Gasteiger partial charge in [0.2, 0.25) is 65.0 Å². The monoisotopic (exact) mass is 1200 g/mol. The molecule has 16 atom stereocenters. The summed E-state index contributed by atoms with van der Waals surface area (Å²) >= 11 is 0. The molecule has 1 heterocycles. The quantitative estimate of drug-likeness (QED) is 0.0273. The lowest BCUT2D eigenvalue weighted by molar-refractivity contribution is -0.157. The first-order valence-electron chi connectivity index (χ1n) is 29.7. The van der Waals surface area contributed by atoms with Gasteiger partial charge in [0.25, 0.3) is 0 Å². The van der Waals surface area contributed by atoms with Crippen molar-refractivity contribution < 1.29 is 67.4 Å². The van der Waals surface area contributed by atoms with Gasteiger partial charge in [0, 0.05) is 6.42 Å². The second-order valence-electron chi connectivity index (χ2n) is 22.3. The minimum atomic E-state index is -1.79. The Bertz CT molecular complexity index is 2420. The summed E-state index contributed by atoms with van der Waals surface area (Å²) in [7, 11) is 1.63. The van der Waals surface area contributed by atoms with E-state index in [1.165, 1.54) is 20.8 Å². The standard InChI is InChI=1S/C58H97N13O14/c1-13-30(5)43(68-52(78)40(61-12)28-37-22-18-17-19-23-37)54(80)62-34(9)49(75)65-39(25-26-42(60)73)51(77)67-45(32(7)15-3)56(82)69-44(31(6)14-2)55(81)66-41(29-72)53(79)71-47-36(11)85-58(84)46(33(8)16-4)70-50(76)38(24-20-21-27-59)64-48(74)35(10)63-57(47)83/h17-19,22-23,30-36,38-41,43-47,61,72H,13-16,20-21,24-29,59H2,1-12H3,(H2,60,73)(H,62,80)(H,63,83)(H,64,74)(H,65,75)(H,66,81)(H,67,77)(H,68,78)(H,69,82)(H,70,76)(H,71,79)/t30-,31-,32-,33-,34-,35-,36-,38-,39+,40+,41-,43-,44-,45+,46-,47+/m0/s1. The first-order chi connectivity index (χ1) is 40.1. The first-order valence-corrected chi connectivity index (χ1v) is 29.7. The summed E-state index contributed by atoms with van der Waals surface area (Å²) in [6.07, 6.45) is 0.808. The Morgan fingerprint density at radius 1 is 0.612 bits per heavy atom. The molecule has 0 unspecified atom stereocenters. The number of nitrogens with one attached hydrogen (secondary N) is 11. The van der Waals surface area contributed by atoms with E-state index in [9.17, 15) is 62.6 Å². The van der Waals surface area contributed by atoms with Gasteiger partial charge in [0.1, 0.15) is 66.5 Å². The molecule has 1 aromatic carbocycles. The Labute approximate surface area is 499 Å². The van der Waals surface area contributed by atoms with Gasteiger partial charge in [-0.05, 0) is 95.7 Å². The number of carbonyl (C=O) groups excluding carboxylic acids is 12. The zero-order valence-corrected chi connectivity index (χ0v) is 51.5. The fraction of sp³-hybridized carbons (Fsp3) is 0.690. The predicted octanol–water partition coefficient (Wildman–Crippen LogP) is -1.78. The Balaban J connectivity index is 2.38. The normalized spacial score (nSPS) is 21.5. The number of ether oxygens (including phenoxy) is 1. The molecule has 2 rings (SSSR count). The molecule has 27 heteroatoms. The van der Waals surface area contributed by atoms with Crippen LogP contribution >= 0.6 is 0 Å². The third-order valence-electron chi connectivity index (χ3n) is 15.7. The average Bonchev–Trinajstić information content (AvgIpc) is 3.66. The van der Waals surface area contributed by atoms with Gasteiger partial charge in [-0.25, -0.2) is 4.79 Å². The van der Waals surface area contributed by atoms with Crippen LogP contribution in [-0.2, 0) is 68.7 Å². The highest BCUT2D eigenvalue weighted by atomic mass is 16.5. The maximum absolute atomic E-state index is 14.4. The van der Waals surface area contributed by atoms with Crippen LogP contribution in [0.5, 0.6) is 0 Å². The molecule has 1 saturated heterocycles. The van der Waals surface area contributed by atoms with Crippen molar-refractivity contribution in [3.05, 3.63) is 35.9 Å². The number of aliphatic hydroxyl groups is 1. The number of esters is 1. The number of benzene rings is 1. The molecule has 0 bridgehead atoms. The van der Waals surface area contributed by atoms with Crippen LogP contribution in [0, 0.1) is 23.7 Å². The van der Waals surface area contributed by atoms with Crippen LogP contribution in [0.3, 0.4) is 0 Å². The molecule has 0 aliphatic carbocycles. The molecule has 11 amide bonds. The molecule has 0 saturated carbocycles. The first kappa shape index (κ1) is 73.8. The summed E-state index contributed by atoms with van der Waals surface area (Å²) in [6.45, 7) is 17.1. The van der Waals surface area contributed by atoms with Crippen molar-refractivity contribution in [1.29, 1.82) is 0 Å². The molecule has 1 aromatic rings. The fourth-order valence-electron chi connectivity index (χ4n) is 9.03. The highest BCUT2D eigenvalue weighted by molar-refractivity contribution is 5.99. The maximum atomic E-state index is 14.4. The lowest BCUT2D eigenvalue weighted by Crippen LogP contribution is -2.63. The van der Waals surface area contributed by atoms with Gasteiger partial charge in [-0.3, -0.25) is 52.7 Å². The summed E-state index contributed by atoms with van der Waals surface area (Å²) in [5.74, 6) is -12.1. The summed E-state index contributed by atoms with van der Waals surface area (Å²) in [5, 5.41) is 39.4. The van der Waals surface area contributed by atoms with E-state index in [-0.39, 0.29) is 31.6 Å². The topological polar surface area (TPSA) is 419 Å². The molecule has 16 N–H and O–H groups in total. The number of aliphatic hydroxyl groups excluding tert-OH is 1. The van der Waals surface area contributed by atoms with E-state index < -0.39 is 168 Å². The summed E-state index contributed by atoms with van der Waals surface area (Å²) in [6, 6.07) is -5.19. The molecular formula is C58H97N13O14. The number of unbranched alkanes of at least 4 members (excludes halogenated alkanes) is 1. The SMILES string of the molecule is CC[C@H](C)[C@H](NC(=O)[C@@H](Cc1ccccc1)NC)C(=O)N[C@@H](C)C(=O)N[C@H](CCC(N)=O)C(=O)N[C@@H](C(=O)N[C@H](C(=O)N[C@@H](CO)C(=O)N[C@H]1C(=O)N[C@@H](C)C(=O)N[C@@H](CCCCN)C(=O)N[C@@H]([C@@H](C)CC)C(=O)O[C@H]1C)[C@@H](C)CC)[C@@H](C)CC. The van der Waals surface area contributed by atoms with Crippen LogP contribution in [-0.4, -0.2) is 169 Å². The number of amides is 11. The van der Waals surface area contributed by atoms with Crippen molar-refractivity contribution in [3.63, 3.8) is 0 Å². The number of cyclic esters (lactones) is 1. The molecule has 85 heavy (non-hydrogen) atoms. The third kappa shape index (κ3) is 23.6. The van der Waals surface area contributed by atoms with Gasteiger partial charge in [0.05, 0.1) is 12.6 Å². The van der Waals surface area contributed by atoms with E-state index in [1.54, 1.807) is 55.5 Å².